The predicted octanol–water partition coefficient (Wildman–Crippen LogP) is 5.18. The van der Waals surface area contributed by atoms with Crippen LogP contribution in [0.25, 0.3) is 10.8 Å². The highest BCUT2D eigenvalue weighted by Gasteiger charge is 2.33. The molecule has 1 aliphatic rings. The summed E-state index contributed by atoms with van der Waals surface area (Å²) < 4.78 is 46.0. The number of fused-ring (bicyclic) bond motifs is 1. The zero-order valence-electron chi connectivity index (χ0n) is 17.7. The van der Waals surface area contributed by atoms with Gasteiger partial charge in [0.15, 0.2) is 5.82 Å². The van der Waals surface area contributed by atoms with Gasteiger partial charge >= 0.3 is 6.18 Å². The van der Waals surface area contributed by atoms with Crippen LogP contribution < -0.4 is 15.4 Å². The lowest BCUT2D eigenvalue weighted by Gasteiger charge is -2.21. The Balaban J connectivity index is 1.67. The van der Waals surface area contributed by atoms with Crippen molar-refractivity contribution in [3.63, 3.8) is 0 Å². The van der Waals surface area contributed by atoms with Gasteiger partial charge in [-0.15, -0.1) is 5.10 Å². The van der Waals surface area contributed by atoms with Gasteiger partial charge in [-0.3, -0.25) is 0 Å². The monoisotopic (exact) mass is 430 g/mol. The smallest absolute Gasteiger partial charge is 0.416 e. The summed E-state index contributed by atoms with van der Waals surface area (Å²) in [5, 5.41) is 16.8. The standard InChI is InChI=1S/C23H25F3N4O/c1-13-18(5-4-6-21(13)23(24,25)26)14(2)28-22-20-11-16(31-17-9-10-27-12-17)7-8-19(20)15(3)29-30-22/h4-8,11,14,17,27H,9-10,12H2,1-3H3,(H,28,30)/t14-,17+/m1/s1. The number of alkyl halides is 3. The molecule has 5 nitrogen and oxygen atoms in total. The molecule has 0 spiro atoms. The molecule has 1 fully saturated rings. The number of hydrogen-bond acceptors (Lipinski definition) is 5. The molecule has 31 heavy (non-hydrogen) atoms. The van der Waals surface area contributed by atoms with Gasteiger partial charge in [0.25, 0.3) is 0 Å². The Bertz CT molecular complexity index is 1090. The Morgan fingerprint density at radius 1 is 1.13 bits per heavy atom. The SMILES string of the molecule is Cc1c([C@@H](C)Nc2nnc(C)c3ccc(O[C@H]4CCNC4)cc23)cccc1C(F)(F)F. The molecule has 2 atom stereocenters. The van der Waals surface area contributed by atoms with Crippen molar-refractivity contribution < 1.29 is 17.9 Å². The molecular formula is C23H25F3N4O. The van der Waals surface area contributed by atoms with E-state index >= 15 is 0 Å². The number of benzene rings is 2. The summed E-state index contributed by atoms with van der Waals surface area (Å²) in [6, 6.07) is 9.63. The van der Waals surface area contributed by atoms with E-state index in [0.717, 1.165) is 47.8 Å². The highest BCUT2D eigenvalue weighted by Crippen LogP contribution is 2.36. The minimum absolute atomic E-state index is 0.122. The number of ether oxygens (including phenoxy) is 1. The third-order valence-corrected chi connectivity index (χ3v) is 5.75. The maximum Gasteiger partial charge on any atom is 0.416 e. The van der Waals surface area contributed by atoms with Crippen LogP contribution in [0.1, 0.15) is 41.8 Å². The normalized spacial score (nSPS) is 17.7. The fraction of sp³-hybridized carbons (Fsp3) is 0.391. The van der Waals surface area contributed by atoms with Crippen molar-refractivity contribution in [1.82, 2.24) is 15.5 Å². The molecule has 0 unspecified atom stereocenters. The Labute approximate surface area is 179 Å². The lowest BCUT2D eigenvalue weighted by Crippen LogP contribution is -2.19. The molecule has 1 aliphatic heterocycles. The van der Waals surface area contributed by atoms with E-state index in [-0.39, 0.29) is 11.7 Å². The summed E-state index contributed by atoms with van der Waals surface area (Å²) in [6.07, 6.45) is -3.32. The number of rotatable bonds is 5. The first-order valence-electron chi connectivity index (χ1n) is 10.3. The maximum absolute atomic E-state index is 13.3. The molecule has 2 aromatic carbocycles. The predicted molar refractivity (Wildman–Crippen MR) is 114 cm³/mol. The van der Waals surface area contributed by atoms with Gasteiger partial charge in [-0.2, -0.15) is 18.3 Å². The molecule has 2 heterocycles. The molecule has 164 valence electrons. The number of aromatic nitrogens is 2. The fourth-order valence-electron chi connectivity index (χ4n) is 4.08. The number of nitrogens with zero attached hydrogens (tertiary/aromatic N) is 2. The molecule has 0 saturated carbocycles. The van der Waals surface area contributed by atoms with E-state index in [1.165, 1.54) is 13.0 Å². The number of aryl methyl sites for hydroxylation is 1. The number of anilines is 1. The quantitative estimate of drug-likeness (QED) is 0.584. The molecule has 0 radical (unpaired) electrons. The molecular weight excluding hydrogens is 405 g/mol. The minimum atomic E-state index is -4.39. The van der Waals surface area contributed by atoms with Gasteiger partial charge in [0.1, 0.15) is 11.9 Å². The summed E-state index contributed by atoms with van der Waals surface area (Å²) in [6.45, 7) is 6.93. The first kappa shape index (κ1) is 21.4. The van der Waals surface area contributed by atoms with Crippen LogP contribution in [0.15, 0.2) is 36.4 Å². The van der Waals surface area contributed by atoms with E-state index in [9.17, 15) is 13.2 Å². The highest BCUT2D eigenvalue weighted by atomic mass is 19.4. The van der Waals surface area contributed by atoms with Gasteiger partial charge in [-0.1, -0.05) is 12.1 Å². The van der Waals surface area contributed by atoms with Crippen LogP contribution in [-0.2, 0) is 6.18 Å². The summed E-state index contributed by atoms with van der Waals surface area (Å²) in [7, 11) is 0. The molecule has 8 heteroatoms. The zero-order chi connectivity index (χ0) is 22.2. The van der Waals surface area contributed by atoms with Crippen LogP contribution in [0.5, 0.6) is 5.75 Å². The van der Waals surface area contributed by atoms with Crippen molar-refractivity contribution in [2.75, 3.05) is 18.4 Å². The second-order valence-electron chi connectivity index (χ2n) is 7.96. The summed E-state index contributed by atoms with van der Waals surface area (Å²) in [4.78, 5) is 0. The first-order chi connectivity index (χ1) is 14.7. The van der Waals surface area contributed by atoms with E-state index in [1.54, 1.807) is 6.07 Å². The molecule has 1 saturated heterocycles. The second-order valence-corrected chi connectivity index (χ2v) is 7.96. The number of nitrogens with one attached hydrogen (secondary N) is 2. The zero-order valence-corrected chi connectivity index (χ0v) is 17.7. The largest absolute Gasteiger partial charge is 0.489 e. The molecule has 0 bridgehead atoms. The van der Waals surface area contributed by atoms with Crippen molar-refractivity contribution in [2.45, 2.75) is 45.5 Å². The fourth-order valence-corrected chi connectivity index (χ4v) is 4.08. The van der Waals surface area contributed by atoms with E-state index < -0.39 is 17.8 Å². The average molecular weight is 430 g/mol. The molecule has 1 aromatic heterocycles. The van der Waals surface area contributed by atoms with Crippen LogP contribution in [0.3, 0.4) is 0 Å². The molecule has 3 aromatic rings. The van der Waals surface area contributed by atoms with Gasteiger partial charge in [0.05, 0.1) is 17.3 Å². The third kappa shape index (κ3) is 4.44. The molecule has 4 rings (SSSR count). The van der Waals surface area contributed by atoms with Gasteiger partial charge in [-0.05, 0) is 69.1 Å². The van der Waals surface area contributed by atoms with Crippen LogP contribution in [-0.4, -0.2) is 29.4 Å². The lowest BCUT2D eigenvalue weighted by atomic mass is 9.97. The van der Waals surface area contributed by atoms with Gasteiger partial charge in [-0.25, -0.2) is 0 Å². The average Bonchev–Trinajstić information content (AvgIpc) is 3.22. The van der Waals surface area contributed by atoms with Crippen molar-refractivity contribution >= 4 is 16.6 Å². The maximum atomic E-state index is 13.3. The Kier molecular flexibility index (Phi) is 5.75. The van der Waals surface area contributed by atoms with Crippen LogP contribution in [0.4, 0.5) is 19.0 Å². The van der Waals surface area contributed by atoms with E-state index in [2.05, 4.69) is 20.8 Å². The first-order valence-corrected chi connectivity index (χ1v) is 10.3. The summed E-state index contributed by atoms with van der Waals surface area (Å²) in [5.74, 6) is 1.25. The molecule has 0 amide bonds. The topological polar surface area (TPSA) is 59.1 Å². The Hall–Kier alpha value is -2.87. The van der Waals surface area contributed by atoms with Crippen molar-refractivity contribution in [1.29, 1.82) is 0 Å². The van der Waals surface area contributed by atoms with E-state index in [0.29, 0.717) is 11.4 Å². The second kappa shape index (κ2) is 8.34. The van der Waals surface area contributed by atoms with Gasteiger partial charge in [0.2, 0.25) is 0 Å². The molecule has 0 aliphatic carbocycles. The minimum Gasteiger partial charge on any atom is -0.489 e. The van der Waals surface area contributed by atoms with Crippen molar-refractivity contribution in [2.24, 2.45) is 0 Å². The highest BCUT2D eigenvalue weighted by molar-refractivity contribution is 5.94. The van der Waals surface area contributed by atoms with E-state index in [1.807, 2.05) is 32.0 Å². The van der Waals surface area contributed by atoms with Crippen molar-refractivity contribution in [3.05, 3.63) is 58.8 Å². The number of halogens is 3. The van der Waals surface area contributed by atoms with Crippen LogP contribution >= 0.6 is 0 Å². The number of hydrogen-bond donors (Lipinski definition) is 2. The van der Waals surface area contributed by atoms with Crippen molar-refractivity contribution in [3.8, 4) is 5.75 Å². The van der Waals surface area contributed by atoms with Gasteiger partial charge in [0, 0.05) is 17.3 Å². The lowest BCUT2D eigenvalue weighted by molar-refractivity contribution is -0.138. The van der Waals surface area contributed by atoms with Crippen LogP contribution in [0.2, 0.25) is 0 Å². The van der Waals surface area contributed by atoms with E-state index in [4.69, 9.17) is 4.74 Å². The Morgan fingerprint density at radius 2 is 1.94 bits per heavy atom. The third-order valence-electron chi connectivity index (χ3n) is 5.75. The molecule has 2 N–H and O–H groups in total. The Morgan fingerprint density at radius 3 is 2.65 bits per heavy atom. The summed E-state index contributed by atoms with van der Waals surface area (Å²) in [5.41, 5.74) is 0.920. The summed E-state index contributed by atoms with van der Waals surface area (Å²) >= 11 is 0. The van der Waals surface area contributed by atoms with Crippen LogP contribution in [0, 0.1) is 13.8 Å². The van der Waals surface area contributed by atoms with Gasteiger partial charge < -0.3 is 15.4 Å².